The zero-order valence-electron chi connectivity index (χ0n) is 11.7. The highest BCUT2D eigenvalue weighted by Crippen LogP contribution is 2.34. The van der Waals surface area contributed by atoms with E-state index < -0.39 is 12.6 Å². The number of halogens is 1. The van der Waals surface area contributed by atoms with Crippen LogP contribution in [-0.2, 0) is 4.79 Å². The first-order chi connectivity index (χ1) is 11.0. The Morgan fingerprint density at radius 1 is 1.13 bits per heavy atom. The summed E-state index contributed by atoms with van der Waals surface area (Å²) in [5, 5.41) is 11.1. The van der Waals surface area contributed by atoms with Crippen molar-refractivity contribution in [1.29, 1.82) is 0 Å². The first-order valence-electron chi connectivity index (χ1n) is 6.89. The maximum absolute atomic E-state index is 12.2. The normalized spacial score (nSPS) is 11.5. The number of hydrogen-bond donors (Lipinski definition) is 1. The summed E-state index contributed by atoms with van der Waals surface area (Å²) in [5.41, 5.74) is 1.66. The second-order valence-corrected chi connectivity index (χ2v) is 6.18. The first-order valence-corrected chi connectivity index (χ1v) is 7.68. The van der Waals surface area contributed by atoms with Crippen LogP contribution < -0.4 is 10.2 Å². The molecule has 6 heteroatoms. The van der Waals surface area contributed by atoms with Gasteiger partial charge in [-0.1, -0.05) is 22.0 Å². The Hall–Kier alpha value is -2.60. The number of aliphatic carboxylic acids is 1. The van der Waals surface area contributed by atoms with Crippen LogP contribution in [-0.4, -0.2) is 22.1 Å². The van der Waals surface area contributed by atoms with Gasteiger partial charge in [0.15, 0.2) is 12.0 Å². The summed E-state index contributed by atoms with van der Waals surface area (Å²) in [6.07, 6.45) is 1.75. The van der Waals surface area contributed by atoms with Crippen molar-refractivity contribution in [3.8, 4) is 5.75 Å². The van der Waals surface area contributed by atoms with Gasteiger partial charge in [0.1, 0.15) is 5.75 Å². The van der Waals surface area contributed by atoms with E-state index in [0.29, 0.717) is 11.1 Å². The number of benzene rings is 2. The molecule has 0 saturated carbocycles. The monoisotopic (exact) mass is 371 g/mol. The summed E-state index contributed by atoms with van der Waals surface area (Å²) in [6.45, 7) is -0.445. The number of carboxylic acids is 1. The van der Waals surface area contributed by atoms with E-state index in [9.17, 15) is 9.59 Å². The highest BCUT2D eigenvalue weighted by Gasteiger charge is 2.15. The van der Waals surface area contributed by atoms with E-state index in [0.717, 1.165) is 26.3 Å². The minimum absolute atomic E-state index is 0.120. The van der Waals surface area contributed by atoms with Gasteiger partial charge >= 0.3 is 5.97 Å². The van der Waals surface area contributed by atoms with Gasteiger partial charge in [0.25, 0.3) is 0 Å². The van der Waals surface area contributed by atoms with Gasteiger partial charge in [0, 0.05) is 27.5 Å². The van der Waals surface area contributed by atoms with Crippen LogP contribution in [0.1, 0.15) is 0 Å². The topological polar surface area (TPSA) is 68.0 Å². The Kier molecular flexibility index (Phi) is 3.02. The van der Waals surface area contributed by atoms with Crippen molar-refractivity contribution < 1.29 is 14.6 Å². The molecule has 2 aromatic heterocycles. The first kappa shape index (κ1) is 14.0. The van der Waals surface area contributed by atoms with E-state index in [2.05, 4.69) is 15.9 Å². The molecule has 0 amide bonds. The van der Waals surface area contributed by atoms with Crippen LogP contribution in [0.25, 0.3) is 27.2 Å². The van der Waals surface area contributed by atoms with E-state index in [1.807, 2.05) is 22.6 Å². The summed E-state index contributed by atoms with van der Waals surface area (Å²) in [7, 11) is 0. The number of hydrogen-bond acceptors (Lipinski definition) is 3. The Labute approximate surface area is 138 Å². The molecule has 0 atom stereocenters. The predicted octanol–water partition coefficient (Wildman–Crippen LogP) is 3.27. The molecular weight excluding hydrogens is 362 g/mol. The van der Waals surface area contributed by atoms with Crippen molar-refractivity contribution in [3.63, 3.8) is 0 Å². The Morgan fingerprint density at radius 2 is 1.91 bits per heavy atom. The third-order valence-corrected chi connectivity index (χ3v) is 4.33. The molecular formula is C17H10BrNO4. The zero-order valence-corrected chi connectivity index (χ0v) is 13.3. The Morgan fingerprint density at radius 3 is 2.70 bits per heavy atom. The van der Waals surface area contributed by atoms with Gasteiger partial charge < -0.3 is 14.2 Å². The molecule has 0 aliphatic rings. The lowest BCUT2D eigenvalue weighted by Crippen LogP contribution is -2.10. The number of nitrogens with zero attached hydrogens (tertiary/aromatic N) is 1. The maximum Gasteiger partial charge on any atom is 0.341 e. The molecule has 0 bridgehead atoms. The third kappa shape index (κ3) is 2.14. The van der Waals surface area contributed by atoms with Gasteiger partial charge in [-0.05, 0) is 24.3 Å². The molecule has 0 aliphatic heterocycles. The van der Waals surface area contributed by atoms with Gasteiger partial charge in [-0.15, -0.1) is 0 Å². The van der Waals surface area contributed by atoms with Crippen molar-refractivity contribution in [1.82, 2.24) is 4.40 Å². The Bertz CT molecular complexity index is 1130. The molecule has 0 fully saturated rings. The number of ether oxygens (including phenoxy) is 1. The van der Waals surface area contributed by atoms with Gasteiger partial charge in [0.2, 0.25) is 0 Å². The molecule has 4 aromatic rings. The van der Waals surface area contributed by atoms with Gasteiger partial charge in [-0.2, -0.15) is 0 Å². The maximum atomic E-state index is 12.2. The standard InChI is InChI=1S/C17H10BrNO4/c18-9-1-2-11-12-6-10(23-8-16(21)22)7-13-15(20)3-4-19(17(12)13)14(11)5-9/h1-7H,8H2,(H,21,22). The summed E-state index contributed by atoms with van der Waals surface area (Å²) < 4.78 is 8.19. The molecule has 23 heavy (non-hydrogen) atoms. The molecule has 4 rings (SSSR count). The number of rotatable bonds is 3. The molecule has 1 N–H and O–H groups in total. The highest BCUT2D eigenvalue weighted by atomic mass is 79.9. The van der Waals surface area contributed by atoms with E-state index >= 15 is 0 Å². The second kappa shape index (κ2) is 4.96. The number of fused-ring (bicyclic) bond motifs is 3. The van der Waals surface area contributed by atoms with Crippen molar-refractivity contribution in [3.05, 3.63) is 57.3 Å². The predicted molar refractivity (Wildman–Crippen MR) is 90.7 cm³/mol. The molecule has 0 spiro atoms. The summed E-state index contributed by atoms with van der Waals surface area (Å²) in [5.74, 6) is -0.683. The van der Waals surface area contributed by atoms with Crippen LogP contribution in [0, 0.1) is 0 Å². The van der Waals surface area contributed by atoms with E-state index in [1.165, 1.54) is 6.07 Å². The van der Waals surface area contributed by atoms with Crippen molar-refractivity contribution in [2.75, 3.05) is 6.61 Å². The SMILES string of the molecule is O=C(O)COc1cc2c(=O)ccn3c4cc(Br)ccc4c(c1)c23. The second-order valence-electron chi connectivity index (χ2n) is 5.26. The van der Waals surface area contributed by atoms with Crippen molar-refractivity contribution in [2.45, 2.75) is 0 Å². The highest BCUT2D eigenvalue weighted by molar-refractivity contribution is 9.10. The summed E-state index contributed by atoms with van der Waals surface area (Å²) in [4.78, 5) is 22.9. The third-order valence-electron chi connectivity index (χ3n) is 3.84. The quantitative estimate of drug-likeness (QED) is 0.600. The fourth-order valence-corrected chi connectivity index (χ4v) is 3.28. The lowest BCUT2D eigenvalue weighted by Gasteiger charge is -2.06. The number of carboxylic acid groups (broad SMARTS) is 1. The largest absolute Gasteiger partial charge is 0.482 e. The van der Waals surface area contributed by atoms with E-state index in [-0.39, 0.29) is 5.43 Å². The van der Waals surface area contributed by atoms with E-state index in [1.54, 1.807) is 18.3 Å². The van der Waals surface area contributed by atoms with Gasteiger partial charge in [-0.25, -0.2) is 4.79 Å². The lowest BCUT2D eigenvalue weighted by atomic mass is 10.1. The van der Waals surface area contributed by atoms with Crippen molar-refractivity contribution in [2.24, 2.45) is 0 Å². The molecule has 0 unspecified atom stereocenters. The van der Waals surface area contributed by atoms with E-state index in [4.69, 9.17) is 9.84 Å². The smallest absolute Gasteiger partial charge is 0.341 e. The molecule has 114 valence electrons. The number of pyridine rings is 1. The minimum Gasteiger partial charge on any atom is -0.482 e. The minimum atomic E-state index is -1.06. The van der Waals surface area contributed by atoms with Crippen LogP contribution in [0.5, 0.6) is 5.75 Å². The molecule has 2 aromatic carbocycles. The summed E-state index contributed by atoms with van der Waals surface area (Å²) >= 11 is 3.46. The van der Waals surface area contributed by atoms with Crippen LogP contribution in [0.15, 0.2) is 51.9 Å². The van der Waals surface area contributed by atoms with Crippen LogP contribution in [0.4, 0.5) is 0 Å². The Balaban J connectivity index is 2.12. The molecule has 0 saturated heterocycles. The molecule has 0 aliphatic carbocycles. The van der Waals surface area contributed by atoms with Gasteiger partial charge in [-0.3, -0.25) is 4.79 Å². The van der Waals surface area contributed by atoms with Crippen molar-refractivity contribution >= 4 is 49.1 Å². The lowest BCUT2D eigenvalue weighted by molar-refractivity contribution is -0.139. The fraction of sp³-hybridized carbons (Fsp3) is 0.0588. The molecule has 2 heterocycles. The zero-order chi connectivity index (χ0) is 16.1. The van der Waals surface area contributed by atoms with Crippen LogP contribution in [0.2, 0.25) is 0 Å². The average molecular weight is 372 g/mol. The van der Waals surface area contributed by atoms with Crippen LogP contribution in [0.3, 0.4) is 0 Å². The van der Waals surface area contributed by atoms with Gasteiger partial charge in [0.05, 0.1) is 16.4 Å². The average Bonchev–Trinajstić information content (AvgIpc) is 2.83. The number of aromatic nitrogens is 1. The number of carbonyl (C=O) groups is 1. The summed E-state index contributed by atoms with van der Waals surface area (Å²) in [6, 6.07) is 10.8. The molecule has 5 nitrogen and oxygen atoms in total. The molecule has 0 radical (unpaired) electrons. The van der Waals surface area contributed by atoms with Crippen LogP contribution >= 0.6 is 15.9 Å². The fourth-order valence-electron chi connectivity index (χ4n) is 2.93.